The van der Waals surface area contributed by atoms with Gasteiger partial charge in [-0.2, -0.15) is 0 Å². The lowest BCUT2D eigenvalue weighted by Crippen LogP contribution is -2.30. The minimum atomic E-state index is -0.788. The van der Waals surface area contributed by atoms with E-state index in [0.717, 1.165) is 6.42 Å². The average molecular weight is 243 g/mol. The quantitative estimate of drug-likeness (QED) is 0.545. The summed E-state index contributed by atoms with van der Waals surface area (Å²) in [7, 11) is 0. The topological polar surface area (TPSA) is 63.3 Å². The average Bonchev–Trinajstić information content (AvgIpc) is 2.26. The number of hydrogen-bond donors (Lipinski definition) is 2. The second-order valence-corrected chi connectivity index (χ2v) is 5.15. The Balaban J connectivity index is 3.38. The Hall–Kier alpha value is -0.570. The molecule has 17 heavy (non-hydrogen) atoms. The maximum Gasteiger partial charge on any atom is 0.304 e. The number of aliphatic carboxylic acids is 1. The molecule has 0 unspecified atom stereocenters. The molecule has 0 aromatic carbocycles. The number of rotatable bonds is 11. The Morgan fingerprint density at radius 2 is 1.65 bits per heavy atom. The van der Waals surface area contributed by atoms with Crippen molar-refractivity contribution in [3.63, 3.8) is 0 Å². The van der Waals surface area contributed by atoms with Gasteiger partial charge in [-0.25, -0.2) is 0 Å². The lowest BCUT2D eigenvalue weighted by atomic mass is 9.93. The van der Waals surface area contributed by atoms with Crippen LogP contribution in [0.25, 0.3) is 0 Å². The van der Waals surface area contributed by atoms with Crippen LogP contribution < -0.4 is 5.73 Å². The summed E-state index contributed by atoms with van der Waals surface area (Å²) >= 11 is 0. The normalized spacial score (nSPS) is 14.5. The molecule has 0 rings (SSSR count). The van der Waals surface area contributed by atoms with Crippen LogP contribution in [-0.4, -0.2) is 17.1 Å². The molecular formula is C14H29NO2. The molecule has 0 spiro atoms. The van der Waals surface area contributed by atoms with E-state index in [-0.39, 0.29) is 12.5 Å². The fraction of sp³-hybridized carbons (Fsp3) is 0.929. The molecule has 2 atom stereocenters. The van der Waals surface area contributed by atoms with E-state index in [1.165, 1.54) is 44.9 Å². The Labute approximate surface area is 106 Å². The molecule has 0 fully saturated rings. The zero-order valence-corrected chi connectivity index (χ0v) is 11.5. The summed E-state index contributed by atoms with van der Waals surface area (Å²) in [4.78, 5) is 10.5. The van der Waals surface area contributed by atoms with Crippen LogP contribution in [0, 0.1) is 5.92 Å². The van der Waals surface area contributed by atoms with Gasteiger partial charge in [-0.3, -0.25) is 4.79 Å². The largest absolute Gasteiger partial charge is 0.481 e. The minimum absolute atomic E-state index is 0.0949. The van der Waals surface area contributed by atoms with Crippen molar-refractivity contribution in [2.24, 2.45) is 11.7 Å². The van der Waals surface area contributed by atoms with E-state index in [2.05, 4.69) is 13.8 Å². The first-order valence-corrected chi connectivity index (χ1v) is 7.05. The molecule has 3 N–H and O–H groups in total. The smallest absolute Gasteiger partial charge is 0.304 e. The fourth-order valence-electron chi connectivity index (χ4n) is 2.04. The standard InChI is InChI=1S/C14H29NO2/c1-3-4-5-6-7-8-9-10-12(2)13(15)11-14(16)17/h12-13H,3-11,15H2,1-2H3,(H,16,17)/t12-,13+/m1/s1. The highest BCUT2D eigenvalue weighted by atomic mass is 16.4. The van der Waals surface area contributed by atoms with E-state index >= 15 is 0 Å². The van der Waals surface area contributed by atoms with Crippen LogP contribution in [0.1, 0.15) is 71.6 Å². The second kappa shape index (κ2) is 10.6. The molecule has 0 aliphatic carbocycles. The third kappa shape index (κ3) is 10.3. The summed E-state index contributed by atoms with van der Waals surface area (Å²) in [6.07, 6.45) is 10.2. The predicted octanol–water partition coefficient (Wildman–Crippen LogP) is 3.57. The van der Waals surface area contributed by atoms with Crippen LogP contribution in [0.4, 0.5) is 0 Å². The highest BCUT2D eigenvalue weighted by molar-refractivity contribution is 5.67. The van der Waals surface area contributed by atoms with Gasteiger partial charge in [0.1, 0.15) is 0 Å². The van der Waals surface area contributed by atoms with Gasteiger partial charge in [-0.05, 0) is 12.3 Å². The van der Waals surface area contributed by atoms with Gasteiger partial charge in [0.25, 0.3) is 0 Å². The number of carboxylic acid groups (broad SMARTS) is 1. The van der Waals surface area contributed by atoms with Crippen molar-refractivity contribution in [3.05, 3.63) is 0 Å². The maximum atomic E-state index is 10.5. The van der Waals surface area contributed by atoms with E-state index in [1.54, 1.807) is 0 Å². The molecule has 3 nitrogen and oxygen atoms in total. The summed E-state index contributed by atoms with van der Waals surface area (Å²) in [5.74, 6) is -0.467. The van der Waals surface area contributed by atoms with E-state index in [1.807, 2.05) is 0 Å². The SMILES string of the molecule is CCCCCCCCC[C@@H](C)[C@@H](N)CC(=O)O. The number of hydrogen-bond acceptors (Lipinski definition) is 2. The molecule has 0 heterocycles. The number of unbranched alkanes of at least 4 members (excludes halogenated alkanes) is 6. The van der Waals surface area contributed by atoms with Crippen molar-refractivity contribution in [1.82, 2.24) is 0 Å². The number of carbonyl (C=O) groups is 1. The molecular weight excluding hydrogens is 214 g/mol. The Bertz CT molecular complexity index is 195. The van der Waals surface area contributed by atoms with Crippen LogP contribution in [-0.2, 0) is 4.79 Å². The van der Waals surface area contributed by atoms with Crippen molar-refractivity contribution >= 4 is 5.97 Å². The Morgan fingerprint density at radius 3 is 2.18 bits per heavy atom. The minimum Gasteiger partial charge on any atom is -0.481 e. The van der Waals surface area contributed by atoms with Crippen LogP contribution in [0.2, 0.25) is 0 Å². The monoisotopic (exact) mass is 243 g/mol. The van der Waals surface area contributed by atoms with Gasteiger partial charge < -0.3 is 10.8 Å². The zero-order valence-electron chi connectivity index (χ0n) is 11.5. The van der Waals surface area contributed by atoms with Crippen LogP contribution in [0.3, 0.4) is 0 Å². The highest BCUT2D eigenvalue weighted by Crippen LogP contribution is 2.15. The zero-order chi connectivity index (χ0) is 13.1. The summed E-state index contributed by atoms with van der Waals surface area (Å²) in [5.41, 5.74) is 5.82. The molecule has 0 amide bonds. The molecule has 0 saturated heterocycles. The molecule has 0 radical (unpaired) electrons. The van der Waals surface area contributed by atoms with Gasteiger partial charge in [0.05, 0.1) is 6.42 Å². The van der Waals surface area contributed by atoms with Gasteiger partial charge >= 0.3 is 5.97 Å². The van der Waals surface area contributed by atoms with Gasteiger partial charge in [0.2, 0.25) is 0 Å². The maximum absolute atomic E-state index is 10.5. The highest BCUT2D eigenvalue weighted by Gasteiger charge is 2.15. The first kappa shape index (κ1) is 16.4. The molecule has 0 aromatic rings. The molecule has 0 aliphatic heterocycles. The second-order valence-electron chi connectivity index (χ2n) is 5.15. The third-order valence-electron chi connectivity index (χ3n) is 3.40. The summed E-state index contributed by atoms with van der Waals surface area (Å²) in [5, 5.41) is 8.64. The Kier molecular flexibility index (Phi) is 10.2. The molecule has 102 valence electrons. The molecule has 0 bridgehead atoms. The van der Waals surface area contributed by atoms with Gasteiger partial charge in [0, 0.05) is 6.04 Å². The lowest BCUT2D eigenvalue weighted by Gasteiger charge is -2.17. The Morgan fingerprint density at radius 1 is 1.12 bits per heavy atom. The number of nitrogens with two attached hydrogens (primary N) is 1. The van der Waals surface area contributed by atoms with E-state index in [4.69, 9.17) is 10.8 Å². The lowest BCUT2D eigenvalue weighted by molar-refractivity contribution is -0.137. The van der Waals surface area contributed by atoms with Crippen molar-refractivity contribution < 1.29 is 9.90 Å². The number of carboxylic acids is 1. The van der Waals surface area contributed by atoms with Crippen molar-refractivity contribution in [1.29, 1.82) is 0 Å². The first-order chi connectivity index (χ1) is 8.07. The van der Waals surface area contributed by atoms with Crippen molar-refractivity contribution in [2.45, 2.75) is 77.7 Å². The van der Waals surface area contributed by atoms with Gasteiger partial charge in [-0.1, -0.05) is 58.8 Å². The molecule has 3 heteroatoms. The molecule has 0 saturated carbocycles. The summed E-state index contributed by atoms with van der Waals surface area (Å²) in [6, 6.07) is -0.187. The summed E-state index contributed by atoms with van der Waals surface area (Å²) in [6.45, 7) is 4.29. The van der Waals surface area contributed by atoms with Gasteiger partial charge in [0.15, 0.2) is 0 Å². The van der Waals surface area contributed by atoms with Crippen LogP contribution in [0.15, 0.2) is 0 Å². The fourth-order valence-corrected chi connectivity index (χ4v) is 2.04. The summed E-state index contributed by atoms with van der Waals surface area (Å²) < 4.78 is 0. The predicted molar refractivity (Wildman–Crippen MR) is 72.0 cm³/mol. The third-order valence-corrected chi connectivity index (χ3v) is 3.40. The van der Waals surface area contributed by atoms with E-state index in [0.29, 0.717) is 5.92 Å². The van der Waals surface area contributed by atoms with E-state index < -0.39 is 5.97 Å². The van der Waals surface area contributed by atoms with Crippen molar-refractivity contribution in [3.8, 4) is 0 Å². The molecule has 0 aliphatic rings. The first-order valence-electron chi connectivity index (χ1n) is 7.05. The van der Waals surface area contributed by atoms with Gasteiger partial charge in [-0.15, -0.1) is 0 Å². The van der Waals surface area contributed by atoms with Crippen LogP contribution in [0.5, 0.6) is 0 Å². The van der Waals surface area contributed by atoms with Crippen LogP contribution >= 0.6 is 0 Å². The molecule has 0 aromatic heterocycles. The van der Waals surface area contributed by atoms with Crippen molar-refractivity contribution in [2.75, 3.05) is 0 Å². The van der Waals surface area contributed by atoms with E-state index in [9.17, 15) is 4.79 Å².